The molecule has 1 atom stereocenters. The quantitative estimate of drug-likeness (QED) is 0.693. The average Bonchev–Trinajstić information content (AvgIpc) is 2.36. The molecule has 1 rings (SSSR count). The third-order valence-corrected chi connectivity index (χ3v) is 3.81. The van der Waals surface area contributed by atoms with Crippen molar-refractivity contribution in [1.82, 2.24) is 10.6 Å². The number of carboxylic acid groups (broad SMARTS) is 1. The van der Waals surface area contributed by atoms with Crippen LogP contribution in [0.4, 0.5) is 4.79 Å². The molecule has 110 valence electrons. The number of carboxylic acids is 1. The Kier molecular flexibility index (Phi) is 6.67. The molecule has 1 saturated carbocycles. The van der Waals surface area contributed by atoms with Crippen LogP contribution in [0, 0.1) is 11.8 Å². The molecular formula is C14H26N2O3. The predicted octanol–water partition coefficient (Wildman–Crippen LogP) is 2.37. The van der Waals surface area contributed by atoms with Gasteiger partial charge in [-0.1, -0.05) is 13.8 Å². The van der Waals surface area contributed by atoms with Crippen LogP contribution in [-0.4, -0.2) is 29.7 Å². The summed E-state index contributed by atoms with van der Waals surface area (Å²) in [5.74, 6) is 0.179. The van der Waals surface area contributed by atoms with Crippen molar-refractivity contribution < 1.29 is 14.7 Å². The van der Waals surface area contributed by atoms with E-state index < -0.39 is 5.97 Å². The lowest BCUT2D eigenvalue weighted by molar-refractivity contribution is -0.137. The molecule has 1 aliphatic carbocycles. The molecule has 0 bridgehead atoms. The van der Waals surface area contributed by atoms with E-state index in [0.29, 0.717) is 19.0 Å². The molecule has 1 fully saturated rings. The SMILES string of the molecule is CC1CCC(NC(=O)NCC(C)CCC(=O)O)CC1. The fourth-order valence-corrected chi connectivity index (χ4v) is 2.38. The highest BCUT2D eigenvalue weighted by molar-refractivity contribution is 5.74. The molecule has 1 aliphatic rings. The van der Waals surface area contributed by atoms with Crippen molar-refractivity contribution in [2.45, 2.75) is 58.4 Å². The summed E-state index contributed by atoms with van der Waals surface area (Å²) >= 11 is 0. The molecule has 0 spiro atoms. The number of amides is 2. The number of carbonyl (C=O) groups is 2. The van der Waals surface area contributed by atoms with E-state index in [1.165, 1.54) is 12.8 Å². The molecular weight excluding hydrogens is 244 g/mol. The van der Waals surface area contributed by atoms with Crippen molar-refractivity contribution in [2.75, 3.05) is 6.54 Å². The highest BCUT2D eigenvalue weighted by atomic mass is 16.4. The van der Waals surface area contributed by atoms with Gasteiger partial charge in [-0.25, -0.2) is 4.79 Å². The Morgan fingerprint density at radius 1 is 1.26 bits per heavy atom. The largest absolute Gasteiger partial charge is 0.481 e. The third-order valence-electron chi connectivity index (χ3n) is 3.81. The number of rotatable bonds is 6. The number of hydrogen-bond donors (Lipinski definition) is 3. The minimum Gasteiger partial charge on any atom is -0.481 e. The summed E-state index contributed by atoms with van der Waals surface area (Å²) in [4.78, 5) is 22.1. The van der Waals surface area contributed by atoms with E-state index in [2.05, 4.69) is 17.6 Å². The zero-order valence-electron chi connectivity index (χ0n) is 11.9. The predicted molar refractivity (Wildman–Crippen MR) is 74.0 cm³/mol. The molecule has 0 aromatic rings. The molecule has 0 heterocycles. The first-order chi connectivity index (χ1) is 8.97. The Labute approximate surface area is 115 Å². The van der Waals surface area contributed by atoms with Gasteiger partial charge in [-0.3, -0.25) is 4.79 Å². The maximum absolute atomic E-state index is 11.7. The van der Waals surface area contributed by atoms with Gasteiger partial charge >= 0.3 is 12.0 Å². The van der Waals surface area contributed by atoms with Gasteiger partial charge in [0.25, 0.3) is 0 Å². The van der Waals surface area contributed by atoms with E-state index in [-0.39, 0.29) is 18.4 Å². The lowest BCUT2D eigenvalue weighted by atomic mass is 9.87. The highest BCUT2D eigenvalue weighted by Gasteiger charge is 2.19. The fourth-order valence-electron chi connectivity index (χ4n) is 2.38. The molecule has 0 aromatic heterocycles. The minimum absolute atomic E-state index is 0.123. The maximum atomic E-state index is 11.7. The van der Waals surface area contributed by atoms with Crippen LogP contribution in [0.5, 0.6) is 0 Å². The first-order valence-electron chi connectivity index (χ1n) is 7.23. The maximum Gasteiger partial charge on any atom is 0.315 e. The van der Waals surface area contributed by atoms with Crippen molar-refractivity contribution in [2.24, 2.45) is 11.8 Å². The first-order valence-corrected chi connectivity index (χ1v) is 7.23. The monoisotopic (exact) mass is 270 g/mol. The van der Waals surface area contributed by atoms with E-state index in [4.69, 9.17) is 5.11 Å². The number of hydrogen-bond acceptors (Lipinski definition) is 2. The second-order valence-electron chi connectivity index (χ2n) is 5.85. The van der Waals surface area contributed by atoms with E-state index in [9.17, 15) is 9.59 Å². The van der Waals surface area contributed by atoms with Gasteiger partial charge in [0, 0.05) is 19.0 Å². The zero-order chi connectivity index (χ0) is 14.3. The van der Waals surface area contributed by atoms with Crippen molar-refractivity contribution in [3.8, 4) is 0 Å². The molecule has 3 N–H and O–H groups in total. The van der Waals surface area contributed by atoms with Crippen molar-refractivity contribution >= 4 is 12.0 Å². The Morgan fingerprint density at radius 3 is 2.47 bits per heavy atom. The molecule has 1 unspecified atom stereocenters. The average molecular weight is 270 g/mol. The number of urea groups is 1. The van der Waals surface area contributed by atoms with Crippen LogP contribution in [0.15, 0.2) is 0 Å². The van der Waals surface area contributed by atoms with Crippen molar-refractivity contribution in [3.05, 3.63) is 0 Å². The number of carbonyl (C=O) groups excluding carboxylic acids is 1. The molecule has 0 radical (unpaired) electrons. The molecule has 0 aromatic carbocycles. The molecule has 0 aliphatic heterocycles. The number of nitrogens with one attached hydrogen (secondary N) is 2. The van der Waals surface area contributed by atoms with Crippen molar-refractivity contribution in [3.63, 3.8) is 0 Å². The van der Waals surface area contributed by atoms with Gasteiger partial charge in [-0.05, 0) is 43.9 Å². The van der Waals surface area contributed by atoms with Gasteiger partial charge in [0.1, 0.15) is 0 Å². The highest BCUT2D eigenvalue weighted by Crippen LogP contribution is 2.23. The first kappa shape index (κ1) is 15.8. The van der Waals surface area contributed by atoms with Gasteiger partial charge in [0.05, 0.1) is 0 Å². The Morgan fingerprint density at radius 2 is 1.89 bits per heavy atom. The van der Waals surface area contributed by atoms with Crippen LogP contribution in [0.1, 0.15) is 52.4 Å². The lowest BCUT2D eigenvalue weighted by Crippen LogP contribution is -2.44. The second-order valence-corrected chi connectivity index (χ2v) is 5.85. The minimum atomic E-state index is -0.785. The van der Waals surface area contributed by atoms with Gasteiger partial charge < -0.3 is 15.7 Å². The summed E-state index contributed by atoms with van der Waals surface area (Å²) < 4.78 is 0. The summed E-state index contributed by atoms with van der Waals surface area (Å²) in [7, 11) is 0. The topological polar surface area (TPSA) is 78.4 Å². The third kappa shape index (κ3) is 7.03. The van der Waals surface area contributed by atoms with Gasteiger partial charge in [-0.2, -0.15) is 0 Å². The van der Waals surface area contributed by atoms with E-state index in [0.717, 1.165) is 18.8 Å². The summed E-state index contributed by atoms with van der Waals surface area (Å²) in [6.07, 6.45) is 5.23. The lowest BCUT2D eigenvalue weighted by Gasteiger charge is -2.27. The summed E-state index contributed by atoms with van der Waals surface area (Å²) in [5.41, 5.74) is 0. The molecule has 5 heteroatoms. The molecule has 2 amide bonds. The van der Waals surface area contributed by atoms with Crippen LogP contribution >= 0.6 is 0 Å². The Bertz CT molecular complexity index is 299. The van der Waals surface area contributed by atoms with E-state index >= 15 is 0 Å². The number of aliphatic carboxylic acids is 1. The fraction of sp³-hybridized carbons (Fsp3) is 0.857. The summed E-state index contributed by atoms with van der Waals surface area (Å²) in [5, 5.41) is 14.4. The normalized spacial score (nSPS) is 24.5. The summed E-state index contributed by atoms with van der Waals surface area (Å²) in [6, 6.07) is 0.173. The molecule has 5 nitrogen and oxygen atoms in total. The van der Waals surface area contributed by atoms with E-state index in [1.54, 1.807) is 0 Å². The van der Waals surface area contributed by atoms with Gasteiger partial charge in [0.2, 0.25) is 0 Å². The molecule has 0 saturated heterocycles. The smallest absolute Gasteiger partial charge is 0.315 e. The second kappa shape index (κ2) is 8.02. The molecule has 19 heavy (non-hydrogen) atoms. The Hall–Kier alpha value is -1.26. The zero-order valence-corrected chi connectivity index (χ0v) is 11.9. The van der Waals surface area contributed by atoms with Gasteiger partial charge in [0.15, 0.2) is 0 Å². The standard InChI is InChI=1S/C14H26N2O3/c1-10-3-6-12(7-4-10)16-14(19)15-9-11(2)5-8-13(17)18/h10-12H,3-9H2,1-2H3,(H,17,18)(H2,15,16,19). The van der Waals surface area contributed by atoms with Gasteiger partial charge in [-0.15, -0.1) is 0 Å². The van der Waals surface area contributed by atoms with Crippen LogP contribution in [0.3, 0.4) is 0 Å². The van der Waals surface area contributed by atoms with E-state index in [1.807, 2.05) is 6.92 Å². The Balaban J connectivity index is 2.12. The van der Waals surface area contributed by atoms with Crippen LogP contribution < -0.4 is 10.6 Å². The van der Waals surface area contributed by atoms with Crippen molar-refractivity contribution in [1.29, 1.82) is 0 Å². The summed E-state index contributed by atoms with van der Waals surface area (Å²) in [6.45, 7) is 4.73. The van der Waals surface area contributed by atoms with Crippen LogP contribution in [0.2, 0.25) is 0 Å². The van der Waals surface area contributed by atoms with Crippen LogP contribution in [-0.2, 0) is 4.79 Å². The van der Waals surface area contributed by atoms with Crippen LogP contribution in [0.25, 0.3) is 0 Å².